The first kappa shape index (κ1) is 20.2. The van der Waals surface area contributed by atoms with Gasteiger partial charge in [-0.25, -0.2) is 0 Å². The SMILES string of the molecule is CCCCCCCCCN([SiH3])CCCCCCCCC. The first-order valence-electron chi connectivity index (χ1n) is 9.49. The van der Waals surface area contributed by atoms with E-state index in [1.807, 2.05) is 0 Å². The summed E-state index contributed by atoms with van der Waals surface area (Å²) in [6, 6.07) is 0. The molecule has 0 rings (SSSR count). The van der Waals surface area contributed by atoms with E-state index in [1.54, 1.807) is 0 Å². The maximum Gasteiger partial charge on any atom is 0.0784 e. The van der Waals surface area contributed by atoms with Gasteiger partial charge in [-0.15, -0.1) is 0 Å². The maximum atomic E-state index is 2.68. The van der Waals surface area contributed by atoms with E-state index in [2.05, 4.69) is 18.4 Å². The van der Waals surface area contributed by atoms with E-state index in [1.165, 1.54) is 113 Å². The van der Waals surface area contributed by atoms with E-state index in [-0.39, 0.29) is 0 Å². The first-order valence-corrected chi connectivity index (χ1v) is 10.4. The van der Waals surface area contributed by atoms with Gasteiger partial charge in [0.15, 0.2) is 0 Å². The van der Waals surface area contributed by atoms with Gasteiger partial charge in [-0.1, -0.05) is 90.9 Å². The van der Waals surface area contributed by atoms with Crippen molar-refractivity contribution >= 4 is 10.4 Å². The minimum atomic E-state index is 1.26. The molecular formula is C18H41NSi. The zero-order valence-corrected chi connectivity index (χ0v) is 16.8. The van der Waals surface area contributed by atoms with Crippen LogP contribution in [0.3, 0.4) is 0 Å². The third-order valence-corrected chi connectivity index (χ3v) is 5.18. The van der Waals surface area contributed by atoms with Gasteiger partial charge in [0.2, 0.25) is 0 Å². The van der Waals surface area contributed by atoms with Gasteiger partial charge >= 0.3 is 0 Å². The summed E-state index contributed by atoms with van der Waals surface area (Å²) < 4.78 is 2.68. The standard InChI is InChI=1S/C18H41NSi/c1-3-5-7-9-11-13-15-17-19(20)18-16-14-12-10-8-6-4-2/h3-18H2,1-2,20H3. The van der Waals surface area contributed by atoms with Gasteiger partial charge in [-0.2, -0.15) is 0 Å². The minimum Gasteiger partial charge on any atom is -0.332 e. The molecule has 0 aliphatic rings. The number of nitrogens with zero attached hydrogens (tertiary/aromatic N) is 1. The molecule has 0 saturated carbocycles. The summed E-state index contributed by atoms with van der Waals surface area (Å²) in [5.74, 6) is 0. The topological polar surface area (TPSA) is 3.24 Å². The van der Waals surface area contributed by atoms with Crippen LogP contribution in [0.5, 0.6) is 0 Å². The number of unbranched alkanes of at least 4 members (excludes halogenated alkanes) is 12. The minimum absolute atomic E-state index is 1.26. The smallest absolute Gasteiger partial charge is 0.0784 e. The molecule has 1 nitrogen and oxygen atoms in total. The molecule has 0 aliphatic heterocycles. The highest BCUT2D eigenvalue weighted by molar-refractivity contribution is 6.04. The highest BCUT2D eigenvalue weighted by atomic mass is 28.2. The number of rotatable bonds is 16. The van der Waals surface area contributed by atoms with Crippen LogP contribution in [-0.2, 0) is 0 Å². The lowest BCUT2D eigenvalue weighted by Crippen LogP contribution is -2.22. The summed E-state index contributed by atoms with van der Waals surface area (Å²) in [4.78, 5) is 0. The zero-order valence-electron chi connectivity index (χ0n) is 14.8. The third kappa shape index (κ3) is 16.2. The Bertz CT molecular complexity index is 155. The molecular weight excluding hydrogens is 258 g/mol. The number of hydrogen-bond donors (Lipinski definition) is 0. The molecule has 20 heavy (non-hydrogen) atoms. The molecule has 0 aromatic heterocycles. The summed E-state index contributed by atoms with van der Waals surface area (Å²) in [5, 5.41) is 0. The summed E-state index contributed by atoms with van der Waals surface area (Å²) in [6.45, 7) is 7.33. The molecule has 0 bridgehead atoms. The van der Waals surface area contributed by atoms with Crippen molar-refractivity contribution in [3.63, 3.8) is 0 Å². The van der Waals surface area contributed by atoms with E-state index in [4.69, 9.17) is 0 Å². The Hall–Kier alpha value is 0.177. The number of hydrogen-bond acceptors (Lipinski definition) is 1. The lowest BCUT2D eigenvalue weighted by atomic mass is 10.1. The lowest BCUT2D eigenvalue weighted by molar-refractivity contribution is 0.410. The van der Waals surface area contributed by atoms with Crippen LogP contribution in [0.1, 0.15) is 104 Å². The van der Waals surface area contributed by atoms with Crippen LogP contribution in [0, 0.1) is 0 Å². The van der Waals surface area contributed by atoms with Crippen molar-refractivity contribution < 1.29 is 0 Å². The van der Waals surface area contributed by atoms with Gasteiger partial charge in [0.05, 0.1) is 10.4 Å². The predicted octanol–water partition coefficient (Wildman–Crippen LogP) is 5.07. The van der Waals surface area contributed by atoms with Gasteiger partial charge in [-0.3, -0.25) is 0 Å². The molecule has 0 unspecified atom stereocenters. The molecule has 0 atom stereocenters. The average Bonchev–Trinajstić information content (AvgIpc) is 2.45. The van der Waals surface area contributed by atoms with Crippen molar-refractivity contribution in [2.24, 2.45) is 0 Å². The summed E-state index contributed by atoms with van der Waals surface area (Å²) in [7, 11) is 1.26. The van der Waals surface area contributed by atoms with E-state index in [9.17, 15) is 0 Å². The monoisotopic (exact) mass is 299 g/mol. The molecule has 0 aromatic rings. The largest absolute Gasteiger partial charge is 0.332 e. The maximum absolute atomic E-state index is 2.68. The van der Waals surface area contributed by atoms with Crippen LogP contribution in [0.2, 0.25) is 0 Å². The fourth-order valence-electron chi connectivity index (χ4n) is 2.79. The average molecular weight is 300 g/mol. The van der Waals surface area contributed by atoms with Crippen molar-refractivity contribution in [2.45, 2.75) is 104 Å². The lowest BCUT2D eigenvalue weighted by Gasteiger charge is -2.16. The van der Waals surface area contributed by atoms with E-state index in [0.717, 1.165) is 0 Å². The molecule has 0 amide bonds. The Morgan fingerprint density at radius 3 is 1.15 bits per heavy atom. The molecule has 0 fully saturated rings. The van der Waals surface area contributed by atoms with Crippen LogP contribution in [0.4, 0.5) is 0 Å². The third-order valence-electron chi connectivity index (χ3n) is 4.29. The zero-order chi connectivity index (χ0) is 14.9. The van der Waals surface area contributed by atoms with Crippen molar-refractivity contribution in [1.29, 1.82) is 0 Å². The van der Waals surface area contributed by atoms with E-state index < -0.39 is 0 Å². The van der Waals surface area contributed by atoms with Crippen molar-refractivity contribution in [3.05, 3.63) is 0 Å². The fourth-order valence-corrected chi connectivity index (χ4v) is 3.42. The Kier molecular flexibility index (Phi) is 17.4. The van der Waals surface area contributed by atoms with E-state index >= 15 is 0 Å². The predicted molar refractivity (Wildman–Crippen MR) is 97.5 cm³/mol. The second-order valence-electron chi connectivity index (χ2n) is 6.55. The molecule has 0 heterocycles. The van der Waals surface area contributed by atoms with Crippen molar-refractivity contribution in [2.75, 3.05) is 13.1 Å². The summed E-state index contributed by atoms with van der Waals surface area (Å²) >= 11 is 0. The van der Waals surface area contributed by atoms with Gasteiger partial charge in [-0.05, 0) is 25.9 Å². The van der Waals surface area contributed by atoms with Gasteiger partial charge in [0, 0.05) is 0 Å². The second kappa shape index (κ2) is 17.2. The van der Waals surface area contributed by atoms with Crippen molar-refractivity contribution in [3.8, 4) is 0 Å². The second-order valence-corrected chi connectivity index (χ2v) is 7.81. The van der Waals surface area contributed by atoms with Crippen molar-refractivity contribution in [1.82, 2.24) is 4.57 Å². The van der Waals surface area contributed by atoms with E-state index in [0.29, 0.717) is 0 Å². The Labute approximate surface area is 132 Å². The molecule has 0 aromatic carbocycles. The Morgan fingerprint density at radius 1 is 0.500 bits per heavy atom. The van der Waals surface area contributed by atoms with Crippen LogP contribution in [0.15, 0.2) is 0 Å². The van der Waals surface area contributed by atoms with Crippen LogP contribution >= 0.6 is 0 Å². The van der Waals surface area contributed by atoms with Crippen LogP contribution < -0.4 is 0 Å². The molecule has 0 radical (unpaired) electrons. The van der Waals surface area contributed by atoms with Crippen LogP contribution in [-0.4, -0.2) is 28.1 Å². The van der Waals surface area contributed by atoms with Gasteiger partial charge in [0.25, 0.3) is 0 Å². The summed E-state index contributed by atoms with van der Waals surface area (Å²) in [6.07, 6.45) is 20.2. The first-order chi connectivity index (χ1) is 9.81. The normalized spacial score (nSPS) is 11.6. The molecule has 122 valence electrons. The molecule has 0 saturated heterocycles. The van der Waals surface area contributed by atoms with Crippen LogP contribution in [0.25, 0.3) is 0 Å². The Balaban J connectivity index is 3.11. The molecule has 0 aliphatic carbocycles. The van der Waals surface area contributed by atoms with Gasteiger partial charge in [0.1, 0.15) is 0 Å². The fraction of sp³-hybridized carbons (Fsp3) is 1.00. The molecule has 0 spiro atoms. The Morgan fingerprint density at radius 2 is 0.800 bits per heavy atom. The van der Waals surface area contributed by atoms with Gasteiger partial charge < -0.3 is 4.57 Å². The molecule has 2 heteroatoms. The highest BCUT2D eigenvalue weighted by Crippen LogP contribution is 2.09. The highest BCUT2D eigenvalue weighted by Gasteiger charge is 1.98. The molecule has 0 N–H and O–H groups in total. The quantitative estimate of drug-likeness (QED) is 0.284. The summed E-state index contributed by atoms with van der Waals surface area (Å²) in [5.41, 5.74) is 0.